The van der Waals surface area contributed by atoms with Crippen molar-refractivity contribution in [2.24, 2.45) is 5.73 Å². The summed E-state index contributed by atoms with van der Waals surface area (Å²) < 4.78 is 5.23. The van der Waals surface area contributed by atoms with Crippen LogP contribution in [0.4, 0.5) is 0 Å². The van der Waals surface area contributed by atoms with E-state index in [4.69, 9.17) is 10.5 Å². The van der Waals surface area contributed by atoms with Gasteiger partial charge in [-0.05, 0) is 38.6 Å². The summed E-state index contributed by atoms with van der Waals surface area (Å²) in [6, 6.07) is 0. The average Bonchev–Trinajstić information content (AvgIpc) is 2.16. The van der Waals surface area contributed by atoms with E-state index in [1.54, 1.807) is 7.11 Å². The van der Waals surface area contributed by atoms with Gasteiger partial charge in [-0.3, -0.25) is 0 Å². The Morgan fingerprint density at radius 1 is 1.50 bits per heavy atom. The summed E-state index contributed by atoms with van der Waals surface area (Å²) in [5, 5.41) is 3.65. The molecule has 3 heteroatoms. The van der Waals surface area contributed by atoms with Gasteiger partial charge in [0.05, 0.1) is 6.10 Å². The van der Waals surface area contributed by atoms with Crippen molar-refractivity contribution in [3.05, 3.63) is 0 Å². The Hall–Kier alpha value is -0.120. The first-order valence-corrected chi connectivity index (χ1v) is 5.74. The molecule has 0 aromatic rings. The minimum Gasteiger partial charge on any atom is -0.380 e. The second-order valence-electron chi connectivity index (χ2n) is 4.30. The van der Waals surface area contributed by atoms with Gasteiger partial charge >= 0.3 is 0 Å². The number of hydrogen-bond acceptors (Lipinski definition) is 3. The lowest BCUT2D eigenvalue weighted by atomic mass is 9.75. The number of ether oxygens (including phenoxy) is 1. The fraction of sp³-hybridized carbons (Fsp3) is 1.00. The first-order valence-electron chi connectivity index (χ1n) is 5.74. The van der Waals surface area contributed by atoms with Crippen LogP contribution in [-0.2, 0) is 4.74 Å². The van der Waals surface area contributed by atoms with Crippen molar-refractivity contribution in [3.63, 3.8) is 0 Å². The molecule has 1 unspecified atom stereocenters. The molecule has 1 aliphatic rings. The van der Waals surface area contributed by atoms with Gasteiger partial charge in [-0.2, -0.15) is 0 Å². The summed E-state index contributed by atoms with van der Waals surface area (Å²) in [6.07, 6.45) is 6.54. The van der Waals surface area contributed by atoms with Gasteiger partial charge in [0.15, 0.2) is 0 Å². The summed E-state index contributed by atoms with van der Waals surface area (Å²) in [7, 11) is 1.73. The van der Waals surface area contributed by atoms with E-state index in [9.17, 15) is 0 Å². The molecule has 0 radical (unpaired) electrons. The van der Waals surface area contributed by atoms with Crippen LogP contribution >= 0.6 is 0 Å². The van der Waals surface area contributed by atoms with Crippen LogP contribution in [0.2, 0.25) is 0 Å². The molecule has 0 spiro atoms. The van der Waals surface area contributed by atoms with Crippen molar-refractivity contribution in [2.75, 3.05) is 20.2 Å². The van der Waals surface area contributed by atoms with Gasteiger partial charge in [-0.25, -0.2) is 0 Å². The van der Waals surface area contributed by atoms with E-state index >= 15 is 0 Å². The highest BCUT2D eigenvalue weighted by atomic mass is 16.5. The van der Waals surface area contributed by atoms with Crippen LogP contribution in [0, 0.1) is 0 Å². The van der Waals surface area contributed by atoms with E-state index in [2.05, 4.69) is 12.2 Å². The number of nitrogens with one attached hydrogen (secondary N) is 1. The van der Waals surface area contributed by atoms with Gasteiger partial charge in [0.1, 0.15) is 0 Å². The topological polar surface area (TPSA) is 47.3 Å². The van der Waals surface area contributed by atoms with Gasteiger partial charge in [0, 0.05) is 19.2 Å². The number of rotatable bonds is 7. The Morgan fingerprint density at radius 3 is 2.57 bits per heavy atom. The highest BCUT2D eigenvalue weighted by molar-refractivity contribution is 4.94. The van der Waals surface area contributed by atoms with E-state index in [0.717, 1.165) is 13.0 Å². The minimum absolute atomic E-state index is 0.219. The first-order chi connectivity index (χ1) is 6.76. The average molecular weight is 200 g/mol. The number of hydrogen-bond donors (Lipinski definition) is 2. The number of methoxy groups -OCH3 is 1. The third-order valence-corrected chi connectivity index (χ3v) is 3.55. The predicted octanol–water partition coefficient (Wildman–Crippen LogP) is 1.27. The quantitative estimate of drug-likeness (QED) is 0.650. The van der Waals surface area contributed by atoms with Crippen molar-refractivity contribution in [3.8, 4) is 0 Å². The Labute approximate surface area is 87.4 Å². The molecule has 14 heavy (non-hydrogen) atoms. The SMILES string of the molecule is CCC1(NCCC(CN)OC)CCC1. The maximum absolute atomic E-state index is 5.56. The van der Waals surface area contributed by atoms with E-state index in [1.807, 2.05) is 0 Å². The normalized spacial score (nSPS) is 21.6. The van der Waals surface area contributed by atoms with Crippen LogP contribution in [0.5, 0.6) is 0 Å². The monoisotopic (exact) mass is 200 g/mol. The third-order valence-electron chi connectivity index (χ3n) is 3.55. The van der Waals surface area contributed by atoms with Gasteiger partial charge in [-0.1, -0.05) is 6.92 Å². The highest BCUT2D eigenvalue weighted by Gasteiger charge is 2.34. The summed E-state index contributed by atoms with van der Waals surface area (Å²) >= 11 is 0. The molecule has 1 aliphatic carbocycles. The standard InChI is InChI=1S/C11H24N2O/c1-3-11(6-4-7-11)13-8-5-10(9-12)14-2/h10,13H,3-9,12H2,1-2H3. The van der Waals surface area contributed by atoms with Gasteiger partial charge in [0.2, 0.25) is 0 Å². The summed E-state index contributed by atoms with van der Waals surface area (Å²) in [5.41, 5.74) is 6.01. The third kappa shape index (κ3) is 2.94. The molecule has 0 aliphatic heterocycles. The van der Waals surface area contributed by atoms with Crippen LogP contribution in [0.3, 0.4) is 0 Å². The van der Waals surface area contributed by atoms with Gasteiger partial charge in [0.25, 0.3) is 0 Å². The Morgan fingerprint density at radius 2 is 2.21 bits per heavy atom. The molecular formula is C11H24N2O. The smallest absolute Gasteiger partial charge is 0.0705 e. The Bertz CT molecular complexity index is 148. The molecule has 84 valence electrons. The summed E-state index contributed by atoms with van der Waals surface area (Å²) in [6.45, 7) is 3.92. The van der Waals surface area contributed by atoms with Gasteiger partial charge in [-0.15, -0.1) is 0 Å². The fourth-order valence-corrected chi connectivity index (χ4v) is 2.09. The molecule has 0 amide bonds. The summed E-state index contributed by atoms with van der Waals surface area (Å²) in [4.78, 5) is 0. The molecular weight excluding hydrogens is 176 g/mol. The van der Waals surface area contributed by atoms with E-state index in [1.165, 1.54) is 25.7 Å². The van der Waals surface area contributed by atoms with Crippen molar-refractivity contribution in [2.45, 2.75) is 50.7 Å². The second-order valence-corrected chi connectivity index (χ2v) is 4.30. The molecule has 1 saturated carbocycles. The summed E-state index contributed by atoms with van der Waals surface area (Å²) in [5.74, 6) is 0. The molecule has 0 heterocycles. The zero-order valence-electron chi connectivity index (χ0n) is 9.51. The van der Waals surface area contributed by atoms with Crippen molar-refractivity contribution in [1.29, 1.82) is 0 Å². The second kappa shape index (κ2) is 5.69. The van der Waals surface area contributed by atoms with Crippen LogP contribution in [0.15, 0.2) is 0 Å². The molecule has 0 saturated heterocycles. The Kier molecular flexibility index (Phi) is 4.85. The van der Waals surface area contributed by atoms with Crippen LogP contribution in [0.1, 0.15) is 39.0 Å². The molecule has 1 atom stereocenters. The molecule has 0 aromatic heterocycles. The molecule has 3 nitrogen and oxygen atoms in total. The minimum atomic E-state index is 0.219. The fourth-order valence-electron chi connectivity index (χ4n) is 2.09. The van der Waals surface area contributed by atoms with E-state index in [0.29, 0.717) is 12.1 Å². The molecule has 0 aromatic carbocycles. The van der Waals surface area contributed by atoms with Crippen molar-refractivity contribution < 1.29 is 4.74 Å². The van der Waals surface area contributed by atoms with Gasteiger partial charge < -0.3 is 15.8 Å². The molecule has 3 N–H and O–H groups in total. The molecule has 1 fully saturated rings. The lowest BCUT2D eigenvalue weighted by molar-refractivity contribution is 0.0936. The largest absolute Gasteiger partial charge is 0.380 e. The maximum Gasteiger partial charge on any atom is 0.0705 e. The van der Waals surface area contributed by atoms with E-state index < -0.39 is 0 Å². The van der Waals surface area contributed by atoms with Crippen molar-refractivity contribution in [1.82, 2.24) is 5.32 Å². The van der Waals surface area contributed by atoms with Crippen LogP contribution in [-0.4, -0.2) is 31.8 Å². The highest BCUT2D eigenvalue weighted by Crippen LogP contribution is 2.34. The maximum atomic E-state index is 5.56. The zero-order chi connectivity index (χ0) is 10.4. The van der Waals surface area contributed by atoms with Crippen LogP contribution < -0.4 is 11.1 Å². The van der Waals surface area contributed by atoms with Crippen LogP contribution in [0.25, 0.3) is 0 Å². The lowest BCUT2D eigenvalue weighted by Crippen LogP contribution is -2.51. The lowest BCUT2D eigenvalue weighted by Gasteiger charge is -2.42. The zero-order valence-corrected chi connectivity index (χ0v) is 9.51. The Balaban J connectivity index is 2.13. The molecule has 1 rings (SSSR count). The predicted molar refractivity (Wildman–Crippen MR) is 59.3 cm³/mol. The van der Waals surface area contributed by atoms with E-state index in [-0.39, 0.29) is 6.10 Å². The number of nitrogens with two attached hydrogens (primary N) is 1. The van der Waals surface area contributed by atoms with Crippen molar-refractivity contribution >= 4 is 0 Å². The first kappa shape index (κ1) is 12.0. The molecule has 0 bridgehead atoms.